The lowest BCUT2D eigenvalue weighted by atomic mass is 9.40. The zero-order valence-corrected chi connectivity index (χ0v) is 15.0. The molecule has 4 rings (SSSR count). The van der Waals surface area contributed by atoms with Gasteiger partial charge in [0, 0.05) is 11.0 Å². The second kappa shape index (κ2) is 4.86. The van der Waals surface area contributed by atoms with Crippen LogP contribution in [0.5, 0.6) is 0 Å². The van der Waals surface area contributed by atoms with Crippen LogP contribution in [0.2, 0.25) is 0 Å². The zero-order valence-electron chi connectivity index (χ0n) is 15.0. The molecular weight excluding hydrogens is 304 g/mol. The fourth-order valence-electron chi connectivity index (χ4n) is 7.12. The van der Waals surface area contributed by atoms with E-state index in [0.717, 1.165) is 50.5 Å². The van der Waals surface area contributed by atoms with E-state index in [4.69, 9.17) is 4.74 Å². The van der Waals surface area contributed by atoms with Crippen LogP contribution in [-0.4, -0.2) is 23.7 Å². The highest BCUT2D eigenvalue weighted by atomic mass is 16.5. The Morgan fingerprint density at radius 1 is 1.12 bits per heavy atom. The summed E-state index contributed by atoms with van der Waals surface area (Å²) in [5, 5.41) is 9.92. The van der Waals surface area contributed by atoms with Crippen LogP contribution in [0.15, 0.2) is 11.1 Å². The molecule has 3 aliphatic carbocycles. The SMILES string of the molecule is CC1(C(=O)O)CCCC2(C)C1CCC1(C)C3=C(CCC12)COC3=O. The van der Waals surface area contributed by atoms with Crippen LogP contribution in [0.3, 0.4) is 0 Å². The molecule has 5 atom stereocenters. The van der Waals surface area contributed by atoms with E-state index in [0.29, 0.717) is 12.5 Å². The molecule has 4 nitrogen and oxygen atoms in total. The van der Waals surface area contributed by atoms with Crippen molar-refractivity contribution in [1.29, 1.82) is 0 Å². The number of esters is 1. The zero-order chi connectivity index (χ0) is 17.3. The molecular formula is C20H28O4. The van der Waals surface area contributed by atoms with Crippen LogP contribution < -0.4 is 0 Å². The van der Waals surface area contributed by atoms with E-state index >= 15 is 0 Å². The van der Waals surface area contributed by atoms with E-state index in [1.807, 2.05) is 6.92 Å². The quantitative estimate of drug-likeness (QED) is 0.739. The van der Waals surface area contributed by atoms with Gasteiger partial charge in [-0.3, -0.25) is 4.79 Å². The molecule has 1 aliphatic heterocycles. The number of ether oxygens (including phenoxy) is 1. The summed E-state index contributed by atoms with van der Waals surface area (Å²) in [6.07, 6.45) is 6.65. The molecule has 4 heteroatoms. The smallest absolute Gasteiger partial charge is 0.334 e. The van der Waals surface area contributed by atoms with Gasteiger partial charge in [-0.2, -0.15) is 0 Å². The summed E-state index contributed by atoms with van der Waals surface area (Å²) in [5.41, 5.74) is 1.39. The first kappa shape index (κ1) is 16.2. The summed E-state index contributed by atoms with van der Waals surface area (Å²) in [6, 6.07) is 0. The molecule has 0 saturated heterocycles. The summed E-state index contributed by atoms with van der Waals surface area (Å²) in [4.78, 5) is 24.5. The van der Waals surface area contributed by atoms with Crippen molar-refractivity contribution in [3.8, 4) is 0 Å². The number of hydrogen-bond donors (Lipinski definition) is 1. The maximum absolute atomic E-state index is 12.4. The second-order valence-electron chi connectivity index (χ2n) is 9.24. The minimum Gasteiger partial charge on any atom is -0.481 e. The largest absolute Gasteiger partial charge is 0.481 e. The van der Waals surface area contributed by atoms with Gasteiger partial charge in [0.2, 0.25) is 0 Å². The Kier molecular flexibility index (Phi) is 3.27. The molecule has 0 aromatic rings. The molecule has 1 N–H and O–H groups in total. The number of rotatable bonds is 1. The summed E-state index contributed by atoms with van der Waals surface area (Å²) in [6.45, 7) is 6.99. The van der Waals surface area contributed by atoms with Crippen molar-refractivity contribution in [2.45, 2.75) is 65.7 Å². The minimum absolute atomic E-state index is 0.000208. The van der Waals surface area contributed by atoms with Crippen molar-refractivity contribution in [1.82, 2.24) is 0 Å². The van der Waals surface area contributed by atoms with E-state index in [2.05, 4.69) is 13.8 Å². The normalized spacial score (nSPS) is 47.5. The van der Waals surface area contributed by atoms with Crippen molar-refractivity contribution < 1.29 is 19.4 Å². The third kappa shape index (κ3) is 1.80. The second-order valence-corrected chi connectivity index (χ2v) is 9.24. The lowest BCUT2D eigenvalue weighted by Crippen LogP contribution is -2.58. The third-order valence-corrected chi connectivity index (χ3v) is 8.22. The topological polar surface area (TPSA) is 63.6 Å². The Balaban J connectivity index is 1.79. The molecule has 2 fully saturated rings. The van der Waals surface area contributed by atoms with Crippen LogP contribution in [-0.2, 0) is 14.3 Å². The summed E-state index contributed by atoms with van der Waals surface area (Å²) >= 11 is 0. The molecule has 132 valence electrons. The summed E-state index contributed by atoms with van der Waals surface area (Å²) < 4.78 is 5.36. The number of cyclic esters (lactones) is 1. The molecule has 0 aromatic carbocycles. The van der Waals surface area contributed by atoms with Gasteiger partial charge >= 0.3 is 11.9 Å². The van der Waals surface area contributed by atoms with Gasteiger partial charge < -0.3 is 9.84 Å². The number of carbonyl (C=O) groups is 2. The van der Waals surface area contributed by atoms with Gasteiger partial charge in [-0.1, -0.05) is 20.3 Å². The summed E-state index contributed by atoms with van der Waals surface area (Å²) in [5.74, 6) is -0.171. The van der Waals surface area contributed by atoms with E-state index in [9.17, 15) is 14.7 Å². The van der Waals surface area contributed by atoms with Gasteiger partial charge in [-0.05, 0) is 68.3 Å². The Morgan fingerprint density at radius 3 is 2.58 bits per heavy atom. The predicted molar refractivity (Wildman–Crippen MR) is 89.2 cm³/mol. The predicted octanol–water partition coefficient (Wildman–Crippen LogP) is 3.95. The van der Waals surface area contributed by atoms with Crippen LogP contribution in [0.25, 0.3) is 0 Å². The lowest BCUT2D eigenvalue weighted by Gasteiger charge is -2.63. The minimum atomic E-state index is -0.641. The number of carbonyl (C=O) groups excluding carboxylic acids is 1. The highest BCUT2D eigenvalue weighted by Gasteiger charge is 2.64. The molecule has 1 heterocycles. The fourth-order valence-corrected chi connectivity index (χ4v) is 7.12. The van der Waals surface area contributed by atoms with Crippen molar-refractivity contribution in [2.75, 3.05) is 6.61 Å². The molecule has 0 aromatic heterocycles. The van der Waals surface area contributed by atoms with Crippen LogP contribution in [0.1, 0.15) is 65.7 Å². The highest BCUT2D eigenvalue weighted by Crippen LogP contribution is 2.68. The van der Waals surface area contributed by atoms with Crippen LogP contribution >= 0.6 is 0 Å². The molecule has 5 unspecified atom stereocenters. The molecule has 0 bridgehead atoms. The van der Waals surface area contributed by atoms with Gasteiger partial charge in [0.15, 0.2) is 0 Å². The standard InChI is InChI=1S/C20H28O4/c1-18-8-4-9-20(3,17(22)23)14(18)7-10-19(2)13(18)6-5-12-11-24-16(21)15(12)19/h13-14H,4-11H2,1-3H3,(H,22,23). The van der Waals surface area contributed by atoms with Crippen molar-refractivity contribution in [3.63, 3.8) is 0 Å². The first-order valence-corrected chi connectivity index (χ1v) is 9.36. The Hall–Kier alpha value is -1.32. The highest BCUT2D eigenvalue weighted by molar-refractivity contribution is 5.93. The number of hydrogen-bond acceptors (Lipinski definition) is 3. The van der Waals surface area contributed by atoms with Gasteiger partial charge in [0.25, 0.3) is 0 Å². The molecule has 0 spiro atoms. The number of carboxylic acids is 1. The average Bonchev–Trinajstić information content (AvgIpc) is 2.89. The van der Waals surface area contributed by atoms with Crippen LogP contribution in [0, 0.1) is 28.1 Å². The molecule has 2 saturated carbocycles. The molecule has 0 amide bonds. The van der Waals surface area contributed by atoms with Gasteiger partial charge in [0.05, 0.1) is 5.41 Å². The summed E-state index contributed by atoms with van der Waals surface area (Å²) in [7, 11) is 0. The van der Waals surface area contributed by atoms with Gasteiger partial charge in [-0.15, -0.1) is 0 Å². The monoisotopic (exact) mass is 332 g/mol. The van der Waals surface area contributed by atoms with E-state index in [1.165, 1.54) is 5.57 Å². The molecule has 24 heavy (non-hydrogen) atoms. The molecule has 0 radical (unpaired) electrons. The van der Waals surface area contributed by atoms with Gasteiger partial charge in [0.1, 0.15) is 6.61 Å². The van der Waals surface area contributed by atoms with Crippen molar-refractivity contribution in [2.24, 2.45) is 28.1 Å². The number of aliphatic carboxylic acids is 1. The third-order valence-electron chi connectivity index (χ3n) is 8.22. The fraction of sp³-hybridized carbons (Fsp3) is 0.800. The average molecular weight is 332 g/mol. The first-order valence-electron chi connectivity index (χ1n) is 9.36. The maximum atomic E-state index is 12.4. The van der Waals surface area contributed by atoms with E-state index < -0.39 is 11.4 Å². The maximum Gasteiger partial charge on any atom is 0.334 e. The number of fused-ring (bicyclic) bond motifs is 4. The van der Waals surface area contributed by atoms with Crippen LogP contribution in [0.4, 0.5) is 0 Å². The van der Waals surface area contributed by atoms with Gasteiger partial charge in [-0.25, -0.2) is 4.79 Å². The Labute approximate surface area is 143 Å². The first-order chi connectivity index (χ1) is 11.2. The lowest BCUT2D eigenvalue weighted by molar-refractivity contribution is -0.176. The number of carboxylic acid groups (broad SMARTS) is 1. The van der Waals surface area contributed by atoms with Crippen molar-refractivity contribution in [3.05, 3.63) is 11.1 Å². The Morgan fingerprint density at radius 2 is 1.88 bits per heavy atom. The van der Waals surface area contributed by atoms with Crippen molar-refractivity contribution >= 4 is 11.9 Å². The molecule has 4 aliphatic rings. The Bertz CT molecular complexity index is 650. The van der Waals surface area contributed by atoms with E-state index in [-0.39, 0.29) is 22.7 Å². The van der Waals surface area contributed by atoms with E-state index in [1.54, 1.807) is 0 Å².